The summed E-state index contributed by atoms with van der Waals surface area (Å²) in [5.74, 6) is -1.56. The van der Waals surface area contributed by atoms with Gasteiger partial charge in [-0.3, -0.25) is 0 Å². The van der Waals surface area contributed by atoms with E-state index in [1.807, 2.05) is 0 Å². The van der Waals surface area contributed by atoms with Crippen LogP contribution in [0, 0.1) is 11.6 Å². The largest absolute Gasteiger partial charge is 0.219 e. The molecule has 0 aliphatic heterocycles. The molecule has 5 heteroatoms. The van der Waals surface area contributed by atoms with Crippen LogP contribution in [0.5, 0.6) is 0 Å². The summed E-state index contributed by atoms with van der Waals surface area (Å²) >= 11 is 0. The van der Waals surface area contributed by atoms with E-state index in [0.717, 1.165) is 36.4 Å². The molecule has 0 aromatic heterocycles. The molecule has 0 aliphatic rings. The second kappa shape index (κ2) is 4.25. The zero-order chi connectivity index (χ0) is 14.2. The smallest absolute Gasteiger partial charge is 0.206 e. The number of hydrogen-bond acceptors (Lipinski definition) is 2. The van der Waals surface area contributed by atoms with Crippen molar-refractivity contribution in [3.05, 3.63) is 60.1 Å². The number of hydrogen-bond donors (Lipinski definition) is 0. The Morgan fingerprint density at radius 1 is 0.824 bits per heavy atom. The molecule has 0 saturated carbocycles. The summed E-state index contributed by atoms with van der Waals surface area (Å²) < 4.78 is 65.0. The van der Waals surface area contributed by atoms with Gasteiger partial charge in [-0.1, -0.05) is 0 Å². The Bertz CT molecular complexity index is 728. The molecule has 0 heterocycles. The molecule has 0 aliphatic carbocycles. The van der Waals surface area contributed by atoms with E-state index in [1.165, 1.54) is 0 Å². The maximum Gasteiger partial charge on any atom is 0.206 e. The molecule has 17 heavy (non-hydrogen) atoms. The van der Waals surface area contributed by atoms with Gasteiger partial charge >= 0.3 is 0 Å². The van der Waals surface area contributed by atoms with Gasteiger partial charge in [-0.2, -0.15) is 0 Å². The van der Waals surface area contributed by atoms with E-state index in [9.17, 15) is 17.2 Å². The zero-order valence-corrected chi connectivity index (χ0v) is 9.26. The third-order valence-electron chi connectivity index (χ3n) is 2.10. The molecule has 88 valence electrons. The minimum Gasteiger partial charge on any atom is -0.219 e. The Kier molecular flexibility index (Phi) is 2.33. The van der Waals surface area contributed by atoms with Gasteiger partial charge in [0.15, 0.2) is 0 Å². The molecule has 0 spiro atoms. The monoisotopic (exact) mass is 256 g/mol. The summed E-state index contributed by atoms with van der Waals surface area (Å²) in [4.78, 5) is -0.695. The first-order valence-corrected chi connectivity index (χ1v) is 6.08. The van der Waals surface area contributed by atoms with Gasteiger partial charge in [-0.15, -0.1) is 0 Å². The van der Waals surface area contributed by atoms with Crippen LogP contribution < -0.4 is 0 Å². The lowest BCUT2D eigenvalue weighted by molar-refractivity contribution is 0.593. The highest BCUT2D eigenvalue weighted by atomic mass is 32.2. The molecule has 2 rings (SSSR count). The lowest BCUT2D eigenvalue weighted by atomic mass is 10.3. The standard InChI is InChI=1S/C12H8F2O2S/c13-9-1-5-11(6-2-9)17(15,16)12-7-3-10(14)4-8-12/h1-8H/i1D,5D. The number of benzene rings is 2. The van der Waals surface area contributed by atoms with Crippen LogP contribution in [0.15, 0.2) is 58.3 Å². The van der Waals surface area contributed by atoms with Gasteiger partial charge in [0.2, 0.25) is 9.84 Å². The Balaban J connectivity index is 2.64. The molecule has 2 aromatic carbocycles. The molecular weight excluding hydrogens is 246 g/mol. The van der Waals surface area contributed by atoms with Crippen LogP contribution in [0.25, 0.3) is 0 Å². The molecule has 0 amide bonds. The second-order valence-corrected chi connectivity index (χ2v) is 5.17. The van der Waals surface area contributed by atoms with Gasteiger partial charge in [0, 0.05) is 0 Å². The summed E-state index contributed by atoms with van der Waals surface area (Å²) in [5.41, 5.74) is 0. The number of rotatable bonds is 2. The van der Waals surface area contributed by atoms with Crippen molar-refractivity contribution in [2.75, 3.05) is 0 Å². The molecule has 0 N–H and O–H groups in total. The minimum atomic E-state index is -4.07. The average molecular weight is 256 g/mol. The molecular formula is C12H8F2O2S. The van der Waals surface area contributed by atoms with Gasteiger partial charge in [0.05, 0.1) is 12.5 Å². The third-order valence-corrected chi connectivity index (χ3v) is 3.81. The van der Waals surface area contributed by atoms with Crippen LogP contribution >= 0.6 is 0 Å². The van der Waals surface area contributed by atoms with Crippen molar-refractivity contribution >= 4 is 9.84 Å². The maximum atomic E-state index is 13.1. The van der Waals surface area contributed by atoms with Gasteiger partial charge in [-0.05, 0) is 48.5 Å². The summed E-state index contributed by atoms with van der Waals surface area (Å²) in [6.45, 7) is 0. The normalized spacial score (nSPS) is 13.1. The maximum absolute atomic E-state index is 13.1. The van der Waals surface area contributed by atoms with Crippen molar-refractivity contribution in [1.82, 2.24) is 0 Å². The van der Waals surface area contributed by atoms with Gasteiger partial charge < -0.3 is 0 Å². The quantitative estimate of drug-likeness (QED) is 0.774. The molecule has 0 unspecified atom stereocenters. The highest BCUT2D eigenvalue weighted by molar-refractivity contribution is 7.91. The van der Waals surface area contributed by atoms with E-state index < -0.39 is 38.5 Å². The van der Waals surface area contributed by atoms with E-state index in [4.69, 9.17) is 2.74 Å². The van der Waals surface area contributed by atoms with Crippen LogP contribution in [0.2, 0.25) is 0 Å². The Morgan fingerprint density at radius 2 is 1.35 bits per heavy atom. The molecule has 0 bridgehead atoms. The first kappa shape index (κ1) is 9.30. The molecule has 2 aromatic rings. The van der Waals surface area contributed by atoms with Crippen molar-refractivity contribution in [3.63, 3.8) is 0 Å². The van der Waals surface area contributed by atoms with E-state index in [1.54, 1.807) is 0 Å². The second-order valence-electron chi connectivity index (χ2n) is 3.25. The van der Waals surface area contributed by atoms with Crippen LogP contribution in [-0.4, -0.2) is 8.42 Å². The van der Waals surface area contributed by atoms with Gasteiger partial charge in [0.1, 0.15) is 11.6 Å². The SMILES string of the molecule is [2H]c1c(F)ccc(S(=O)(=O)c2ccc(F)cc2)c1[2H]. The van der Waals surface area contributed by atoms with Crippen LogP contribution in [-0.2, 0) is 9.84 Å². The first-order chi connectivity index (χ1) is 8.84. The van der Waals surface area contributed by atoms with Crippen LogP contribution in [0.4, 0.5) is 8.78 Å². The summed E-state index contributed by atoms with van der Waals surface area (Å²) in [6.07, 6.45) is 0. The number of sulfone groups is 1. The highest BCUT2D eigenvalue weighted by Gasteiger charge is 2.17. The Morgan fingerprint density at radius 3 is 2.00 bits per heavy atom. The fourth-order valence-corrected chi connectivity index (χ4v) is 2.43. The van der Waals surface area contributed by atoms with Crippen molar-refractivity contribution in [1.29, 1.82) is 0 Å². The first-order valence-electron chi connectivity index (χ1n) is 5.60. The average Bonchev–Trinajstić information content (AvgIpc) is 2.36. The van der Waals surface area contributed by atoms with Crippen molar-refractivity contribution in [3.8, 4) is 0 Å². The summed E-state index contributed by atoms with van der Waals surface area (Å²) in [7, 11) is -4.07. The van der Waals surface area contributed by atoms with E-state index >= 15 is 0 Å². The topological polar surface area (TPSA) is 34.1 Å². The van der Waals surface area contributed by atoms with Crippen molar-refractivity contribution in [2.45, 2.75) is 9.79 Å². The molecule has 0 radical (unpaired) electrons. The molecule has 0 atom stereocenters. The fourth-order valence-electron chi connectivity index (χ4n) is 1.25. The van der Waals surface area contributed by atoms with Crippen LogP contribution in [0.1, 0.15) is 2.74 Å². The van der Waals surface area contributed by atoms with Gasteiger partial charge in [-0.25, -0.2) is 17.2 Å². The molecule has 0 fully saturated rings. The van der Waals surface area contributed by atoms with E-state index in [2.05, 4.69) is 0 Å². The van der Waals surface area contributed by atoms with Crippen molar-refractivity contribution < 1.29 is 19.9 Å². The van der Waals surface area contributed by atoms with Crippen molar-refractivity contribution in [2.24, 2.45) is 0 Å². The fraction of sp³-hybridized carbons (Fsp3) is 0. The summed E-state index contributed by atoms with van der Waals surface area (Å²) in [6, 6.07) is 4.29. The van der Waals surface area contributed by atoms with Crippen LogP contribution in [0.3, 0.4) is 0 Å². The lowest BCUT2D eigenvalue weighted by Crippen LogP contribution is -2.01. The molecule has 0 saturated heterocycles. The predicted octanol–water partition coefficient (Wildman–Crippen LogP) is 2.80. The minimum absolute atomic E-state index is 0.214. The van der Waals surface area contributed by atoms with E-state index in [0.29, 0.717) is 0 Å². The highest BCUT2D eigenvalue weighted by Crippen LogP contribution is 2.20. The predicted molar refractivity (Wildman–Crippen MR) is 58.3 cm³/mol. The lowest BCUT2D eigenvalue weighted by Gasteiger charge is -2.04. The third kappa shape index (κ3) is 2.34. The Hall–Kier alpha value is -1.75. The molecule has 2 nitrogen and oxygen atoms in total. The van der Waals surface area contributed by atoms with Gasteiger partial charge in [0.25, 0.3) is 0 Å². The van der Waals surface area contributed by atoms with E-state index in [-0.39, 0.29) is 4.90 Å². The Labute approximate surface area is 100 Å². The zero-order valence-electron chi connectivity index (χ0n) is 10.4. The summed E-state index contributed by atoms with van der Waals surface area (Å²) in [5, 5.41) is 0. The number of halogens is 2.